The van der Waals surface area contributed by atoms with Crippen molar-refractivity contribution in [1.29, 1.82) is 0 Å². The zero-order valence-corrected chi connectivity index (χ0v) is 18.2. The second kappa shape index (κ2) is 10.9. The van der Waals surface area contributed by atoms with Crippen LogP contribution in [0.3, 0.4) is 0 Å². The second-order valence-electron chi connectivity index (χ2n) is 8.30. The van der Waals surface area contributed by atoms with Crippen LogP contribution in [0.1, 0.15) is 39.2 Å². The Kier molecular flexibility index (Phi) is 8.56. The van der Waals surface area contributed by atoms with Crippen molar-refractivity contribution in [2.45, 2.75) is 64.2 Å². The van der Waals surface area contributed by atoms with Gasteiger partial charge in [0.1, 0.15) is 18.1 Å². The van der Waals surface area contributed by atoms with Gasteiger partial charge < -0.3 is 26.4 Å². The first-order chi connectivity index (χ1) is 14.6. The van der Waals surface area contributed by atoms with Gasteiger partial charge >= 0.3 is 5.97 Å². The summed E-state index contributed by atoms with van der Waals surface area (Å²) in [5.41, 5.74) is 6.43. The minimum atomic E-state index is -1.06. The topological polar surface area (TPSA) is 142 Å². The predicted octanol–water partition coefficient (Wildman–Crippen LogP) is 0.278. The molecule has 1 aromatic rings. The lowest BCUT2D eigenvalue weighted by molar-refractivity contribution is -0.149. The van der Waals surface area contributed by atoms with Gasteiger partial charge in [-0.3, -0.25) is 14.4 Å². The molecule has 170 valence electrons. The van der Waals surface area contributed by atoms with Crippen LogP contribution >= 0.6 is 0 Å². The highest BCUT2D eigenvalue weighted by atomic mass is 16.4. The number of carboxylic acids is 1. The van der Waals surface area contributed by atoms with Crippen LogP contribution in [0.4, 0.5) is 0 Å². The molecule has 1 aliphatic rings. The van der Waals surface area contributed by atoms with E-state index in [-0.39, 0.29) is 12.3 Å². The molecular formula is C22H32N4O5. The van der Waals surface area contributed by atoms with E-state index in [1.165, 1.54) is 11.8 Å². The first-order valence-corrected chi connectivity index (χ1v) is 10.5. The van der Waals surface area contributed by atoms with E-state index in [0.717, 1.165) is 5.56 Å². The van der Waals surface area contributed by atoms with Crippen molar-refractivity contribution in [3.63, 3.8) is 0 Å². The molecule has 0 bridgehead atoms. The zero-order valence-electron chi connectivity index (χ0n) is 18.2. The highest BCUT2D eigenvalue weighted by Gasteiger charge is 2.38. The van der Waals surface area contributed by atoms with Crippen LogP contribution in [-0.4, -0.2) is 64.4 Å². The van der Waals surface area contributed by atoms with Crippen LogP contribution in [-0.2, 0) is 25.6 Å². The third-order valence-corrected chi connectivity index (χ3v) is 5.38. The quantitative estimate of drug-likeness (QED) is 0.441. The first-order valence-electron chi connectivity index (χ1n) is 10.5. The van der Waals surface area contributed by atoms with Gasteiger partial charge in [-0.05, 0) is 31.2 Å². The van der Waals surface area contributed by atoms with Gasteiger partial charge in [0.2, 0.25) is 17.7 Å². The van der Waals surface area contributed by atoms with Gasteiger partial charge in [0.15, 0.2) is 0 Å². The molecule has 0 aliphatic carbocycles. The van der Waals surface area contributed by atoms with Crippen molar-refractivity contribution in [1.82, 2.24) is 15.5 Å². The average molecular weight is 433 g/mol. The molecule has 9 heteroatoms. The van der Waals surface area contributed by atoms with Gasteiger partial charge in [0.25, 0.3) is 0 Å². The number of aliphatic carboxylic acids is 1. The van der Waals surface area contributed by atoms with Gasteiger partial charge in [-0.15, -0.1) is 0 Å². The van der Waals surface area contributed by atoms with Crippen LogP contribution in [0, 0.1) is 5.92 Å². The number of hydrogen-bond donors (Lipinski definition) is 4. The summed E-state index contributed by atoms with van der Waals surface area (Å²) >= 11 is 0. The Bertz CT molecular complexity index is 796. The number of nitrogens with two attached hydrogens (primary N) is 1. The molecule has 1 saturated heterocycles. The van der Waals surface area contributed by atoms with E-state index in [4.69, 9.17) is 5.73 Å². The normalized spacial score (nSPS) is 18.9. The average Bonchev–Trinajstić information content (AvgIpc) is 3.21. The predicted molar refractivity (Wildman–Crippen MR) is 115 cm³/mol. The fourth-order valence-electron chi connectivity index (χ4n) is 3.62. The smallest absolute Gasteiger partial charge is 0.326 e. The summed E-state index contributed by atoms with van der Waals surface area (Å²) in [5.74, 6) is -2.72. The molecule has 4 atom stereocenters. The maximum Gasteiger partial charge on any atom is 0.326 e. The van der Waals surface area contributed by atoms with Crippen molar-refractivity contribution in [3.05, 3.63) is 35.9 Å². The number of amides is 3. The summed E-state index contributed by atoms with van der Waals surface area (Å²) in [4.78, 5) is 51.2. The van der Waals surface area contributed by atoms with Crippen molar-refractivity contribution in [2.75, 3.05) is 6.54 Å². The van der Waals surface area contributed by atoms with E-state index < -0.39 is 47.9 Å². The van der Waals surface area contributed by atoms with E-state index in [1.54, 1.807) is 13.8 Å². The zero-order chi connectivity index (χ0) is 23.1. The Morgan fingerprint density at radius 1 is 1.10 bits per heavy atom. The Morgan fingerprint density at radius 2 is 1.74 bits per heavy atom. The number of nitrogens with zero attached hydrogens (tertiary/aromatic N) is 1. The summed E-state index contributed by atoms with van der Waals surface area (Å²) in [6.45, 7) is 5.40. The minimum Gasteiger partial charge on any atom is -0.480 e. The van der Waals surface area contributed by atoms with Crippen LogP contribution < -0.4 is 16.4 Å². The maximum atomic E-state index is 13.3. The van der Waals surface area contributed by atoms with Crippen LogP contribution in [0.15, 0.2) is 30.3 Å². The molecule has 0 saturated carbocycles. The molecule has 9 nitrogen and oxygen atoms in total. The summed E-state index contributed by atoms with van der Waals surface area (Å²) in [6, 6.07) is 5.66. The fourth-order valence-corrected chi connectivity index (χ4v) is 3.62. The molecule has 1 fully saturated rings. The lowest BCUT2D eigenvalue weighted by Crippen LogP contribution is -2.58. The number of nitrogens with one attached hydrogen (secondary N) is 2. The lowest BCUT2D eigenvalue weighted by atomic mass is 10.00. The van der Waals surface area contributed by atoms with Crippen molar-refractivity contribution in [2.24, 2.45) is 11.7 Å². The third-order valence-electron chi connectivity index (χ3n) is 5.38. The summed E-state index contributed by atoms with van der Waals surface area (Å²) in [5, 5.41) is 14.8. The molecule has 31 heavy (non-hydrogen) atoms. The largest absolute Gasteiger partial charge is 0.480 e. The maximum absolute atomic E-state index is 13.3. The summed E-state index contributed by atoms with van der Waals surface area (Å²) in [7, 11) is 0. The SMILES string of the molecule is CC(C)[C@H](NC(=O)[C@H](C)N)C(=O)N[C@@H](Cc1ccccc1)C(=O)N1CCC[C@H]1C(=O)O. The Balaban J connectivity index is 2.25. The number of likely N-dealkylation sites (tertiary alicyclic amines) is 1. The summed E-state index contributed by atoms with van der Waals surface area (Å²) in [6.07, 6.45) is 1.18. The van der Waals surface area contributed by atoms with Gasteiger partial charge in [-0.1, -0.05) is 44.2 Å². The molecule has 1 aromatic carbocycles. The molecule has 5 N–H and O–H groups in total. The van der Waals surface area contributed by atoms with Crippen LogP contribution in [0.5, 0.6) is 0 Å². The number of carbonyl (C=O) groups excluding carboxylic acids is 3. The first kappa shape index (κ1) is 24.3. The molecule has 0 radical (unpaired) electrons. The van der Waals surface area contributed by atoms with E-state index in [9.17, 15) is 24.3 Å². The van der Waals surface area contributed by atoms with Gasteiger partial charge in [-0.2, -0.15) is 0 Å². The molecule has 0 unspecified atom stereocenters. The highest BCUT2D eigenvalue weighted by Crippen LogP contribution is 2.20. The Hall–Kier alpha value is -2.94. The van der Waals surface area contributed by atoms with Gasteiger partial charge in [-0.25, -0.2) is 4.79 Å². The highest BCUT2D eigenvalue weighted by molar-refractivity contribution is 5.94. The molecule has 0 spiro atoms. The van der Waals surface area contributed by atoms with E-state index in [2.05, 4.69) is 10.6 Å². The van der Waals surface area contributed by atoms with Crippen LogP contribution in [0.25, 0.3) is 0 Å². The van der Waals surface area contributed by atoms with E-state index in [0.29, 0.717) is 19.4 Å². The summed E-state index contributed by atoms with van der Waals surface area (Å²) < 4.78 is 0. The number of benzene rings is 1. The molecule has 1 aliphatic heterocycles. The molecule has 3 amide bonds. The fraction of sp³-hybridized carbons (Fsp3) is 0.545. The monoisotopic (exact) mass is 432 g/mol. The molecule has 2 rings (SSSR count). The van der Waals surface area contributed by atoms with Crippen molar-refractivity contribution >= 4 is 23.7 Å². The van der Waals surface area contributed by atoms with Crippen LogP contribution in [0.2, 0.25) is 0 Å². The second-order valence-corrected chi connectivity index (χ2v) is 8.30. The standard InChI is InChI=1S/C22H32N4O5/c1-13(2)18(25-19(27)14(3)23)20(28)24-16(12-15-8-5-4-6-9-15)21(29)26-11-7-10-17(26)22(30)31/h4-6,8-9,13-14,16-18H,7,10-12,23H2,1-3H3,(H,24,28)(H,25,27)(H,30,31)/t14-,16-,17-,18-/m0/s1. The molecular weight excluding hydrogens is 400 g/mol. The van der Waals surface area contributed by atoms with Crippen molar-refractivity contribution in [3.8, 4) is 0 Å². The van der Waals surface area contributed by atoms with Gasteiger partial charge in [0.05, 0.1) is 6.04 Å². The van der Waals surface area contributed by atoms with Gasteiger partial charge in [0, 0.05) is 13.0 Å². The van der Waals surface area contributed by atoms with Crippen molar-refractivity contribution < 1.29 is 24.3 Å². The number of carboxylic acid groups (broad SMARTS) is 1. The lowest BCUT2D eigenvalue weighted by Gasteiger charge is -2.30. The molecule has 1 heterocycles. The van der Waals surface area contributed by atoms with E-state index >= 15 is 0 Å². The van der Waals surface area contributed by atoms with E-state index in [1.807, 2.05) is 30.3 Å². The number of carbonyl (C=O) groups is 4. The molecule has 0 aromatic heterocycles. The minimum absolute atomic E-state index is 0.209. The third kappa shape index (κ3) is 6.52. The number of hydrogen-bond acceptors (Lipinski definition) is 5. The Labute approximate surface area is 182 Å². The Morgan fingerprint density at radius 3 is 2.29 bits per heavy atom. The number of rotatable bonds is 9.